The number of sulfonamides is 1. The van der Waals surface area contributed by atoms with Gasteiger partial charge in [-0.25, -0.2) is 13.2 Å². The number of aryl methyl sites for hydroxylation is 1. The average Bonchev–Trinajstić information content (AvgIpc) is 2.60. The van der Waals surface area contributed by atoms with Crippen LogP contribution in [0.25, 0.3) is 6.08 Å². The van der Waals surface area contributed by atoms with Crippen LogP contribution in [0.2, 0.25) is 0 Å². The number of carbonyl (C=O) groups excluding carboxylic acids is 1. The molecule has 1 aromatic rings. The summed E-state index contributed by atoms with van der Waals surface area (Å²) in [7, 11) is -3.50. The van der Waals surface area contributed by atoms with Crippen molar-refractivity contribution in [2.75, 3.05) is 26.2 Å². The molecular weight excluding hydrogens is 352 g/mol. The Bertz CT molecular complexity index is 816. The van der Waals surface area contributed by atoms with E-state index in [9.17, 15) is 13.2 Å². The van der Waals surface area contributed by atoms with Crippen molar-refractivity contribution in [3.63, 3.8) is 0 Å². The van der Waals surface area contributed by atoms with Crippen LogP contribution in [-0.4, -0.2) is 55.5 Å². The second-order valence-electron chi connectivity index (χ2n) is 7.68. The highest BCUT2D eigenvalue weighted by molar-refractivity contribution is 7.93. The molecule has 26 heavy (non-hydrogen) atoms. The fourth-order valence-electron chi connectivity index (χ4n) is 3.21. The smallest absolute Gasteiger partial charge is 0.410 e. The Morgan fingerprint density at radius 3 is 2.35 bits per heavy atom. The third-order valence-corrected chi connectivity index (χ3v) is 6.60. The Morgan fingerprint density at radius 1 is 1.04 bits per heavy atom. The van der Waals surface area contributed by atoms with Crippen LogP contribution in [0.1, 0.15) is 38.3 Å². The summed E-state index contributed by atoms with van der Waals surface area (Å²) < 4.78 is 32.8. The van der Waals surface area contributed by atoms with Crippen molar-refractivity contribution in [3.8, 4) is 0 Å². The van der Waals surface area contributed by atoms with E-state index in [1.54, 1.807) is 11.0 Å². The first-order chi connectivity index (χ1) is 12.2. The highest BCUT2D eigenvalue weighted by atomic mass is 32.2. The molecule has 1 saturated heterocycles. The summed E-state index contributed by atoms with van der Waals surface area (Å²) in [5.41, 5.74) is 1.60. The Morgan fingerprint density at radius 2 is 1.69 bits per heavy atom. The van der Waals surface area contributed by atoms with Gasteiger partial charge in [0.1, 0.15) is 5.60 Å². The summed E-state index contributed by atoms with van der Waals surface area (Å²) in [5, 5.41) is 0. The number of ether oxygens (including phenoxy) is 1. The van der Waals surface area contributed by atoms with E-state index in [1.165, 1.54) is 9.87 Å². The molecule has 0 spiro atoms. The maximum atomic E-state index is 13.0. The van der Waals surface area contributed by atoms with Gasteiger partial charge in [0, 0.05) is 26.2 Å². The molecule has 6 nitrogen and oxygen atoms in total. The van der Waals surface area contributed by atoms with E-state index in [0.29, 0.717) is 37.5 Å². The van der Waals surface area contributed by atoms with Gasteiger partial charge in [0.2, 0.25) is 10.0 Å². The van der Waals surface area contributed by atoms with E-state index in [-0.39, 0.29) is 6.09 Å². The van der Waals surface area contributed by atoms with Gasteiger partial charge < -0.3 is 9.64 Å². The van der Waals surface area contributed by atoms with Crippen LogP contribution in [0.3, 0.4) is 0 Å². The predicted molar refractivity (Wildman–Crippen MR) is 101 cm³/mol. The standard InChI is InChI=1S/C19H26N2O4S/c1-19(2,3)25-18(22)20-10-12-21(13-11-20)26(23,24)17-9-8-15-6-4-5-7-16(15)14-17/h4-7,14H,8-13H2,1-3H3. The number of carbonyl (C=O) groups is 1. The highest BCUT2D eigenvalue weighted by Gasteiger charge is 2.33. The summed E-state index contributed by atoms with van der Waals surface area (Å²) >= 11 is 0. The summed E-state index contributed by atoms with van der Waals surface area (Å²) in [5.74, 6) is 0. The molecule has 7 heteroatoms. The van der Waals surface area contributed by atoms with E-state index in [0.717, 1.165) is 12.0 Å². The minimum absolute atomic E-state index is 0.292. The average molecular weight is 378 g/mol. The Kier molecular flexibility index (Phi) is 5.12. The van der Waals surface area contributed by atoms with Gasteiger partial charge in [-0.2, -0.15) is 4.31 Å². The van der Waals surface area contributed by atoms with E-state index in [1.807, 2.05) is 45.0 Å². The first-order valence-corrected chi connectivity index (χ1v) is 10.4. The van der Waals surface area contributed by atoms with Crippen molar-refractivity contribution in [1.29, 1.82) is 0 Å². The Labute approximate surface area is 155 Å². The molecule has 1 fully saturated rings. The lowest BCUT2D eigenvalue weighted by molar-refractivity contribution is 0.0193. The largest absolute Gasteiger partial charge is 0.444 e. The number of nitrogens with zero attached hydrogens (tertiary/aromatic N) is 2. The van der Waals surface area contributed by atoms with Gasteiger partial charge in [-0.1, -0.05) is 24.3 Å². The normalized spacial score (nSPS) is 18.9. The number of rotatable bonds is 2. The number of hydrogen-bond acceptors (Lipinski definition) is 4. The summed E-state index contributed by atoms with van der Waals surface area (Å²) in [6.45, 7) is 6.73. The van der Waals surface area contributed by atoms with Crippen LogP contribution < -0.4 is 0 Å². The zero-order chi connectivity index (χ0) is 18.9. The van der Waals surface area contributed by atoms with Crippen molar-refractivity contribution in [2.24, 2.45) is 0 Å². The molecule has 1 amide bonds. The van der Waals surface area contributed by atoms with Gasteiger partial charge >= 0.3 is 6.09 Å². The number of benzene rings is 1. The number of allylic oxidation sites excluding steroid dienone is 1. The van der Waals surface area contributed by atoms with Crippen LogP contribution in [0.15, 0.2) is 29.2 Å². The third-order valence-electron chi connectivity index (χ3n) is 4.57. The second-order valence-corrected chi connectivity index (χ2v) is 9.67. The van der Waals surface area contributed by atoms with Crippen LogP contribution >= 0.6 is 0 Å². The molecule has 0 saturated carbocycles. The molecular formula is C19H26N2O4S. The molecule has 0 bridgehead atoms. The van der Waals surface area contributed by atoms with Gasteiger partial charge in [-0.15, -0.1) is 0 Å². The quantitative estimate of drug-likeness (QED) is 0.794. The fourth-order valence-corrected chi connectivity index (χ4v) is 4.82. The lowest BCUT2D eigenvalue weighted by Crippen LogP contribution is -2.51. The summed E-state index contributed by atoms with van der Waals surface area (Å²) in [6, 6.07) is 7.88. The Hall–Kier alpha value is -1.86. The van der Waals surface area contributed by atoms with E-state index in [4.69, 9.17) is 4.74 Å². The van der Waals surface area contributed by atoms with Crippen molar-refractivity contribution in [3.05, 3.63) is 40.3 Å². The zero-order valence-electron chi connectivity index (χ0n) is 15.6. The SMILES string of the molecule is CC(C)(C)OC(=O)N1CCN(S(=O)(=O)C2=Cc3ccccc3CC2)CC1. The van der Waals surface area contributed by atoms with Gasteiger partial charge in [-0.05, 0) is 50.8 Å². The summed E-state index contributed by atoms with van der Waals surface area (Å²) in [4.78, 5) is 14.2. The molecule has 0 unspecified atom stereocenters. The van der Waals surface area contributed by atoms with Gasteiger partial charge in [0.25, 0.3) is 0 Å². The second kappa shape index (κ2) is 7.04. The molecule has 0 aromatic heterocycles. The summed E-state index contributed by atoms with van der Waals surface area (Å²) in [6.07, 6.45) is 2.65. The Balaban J connectivity index is 1.68. The molecule has 1 aliphatic heterocycles. The zero-order valence-corrected chi connectivity index (χ0v) is 16.4. The van der Waals surface area contributed by atoms with Gasteiger partial charge in [0.05, 0.1) is 4.91 Å². The molecule has 142 valence electrons. The van der Waals surface area contributed by atoms with Crippen LogP contribution in [-0.2, 0) is 21.2 Å². The number of amides is 1. The molecule has 2 aliphatic rings. The lowest BCUT2D eigenvalue weighted by Gasteiger charge is -2.35. The molecule has 1 aliphatic carbocycles. The maximum absolute atomic E-state index is 13.0. The van der Waals surface area contributed by atoms with Crippen LogP contribution in [0.5, 0.6) is 0 Å². The maximum Gasteiger partial charge on any atom is 0.410 e. The van der Waals surface area contributed by atoms with Crippen molar-refractivity contribution < 1.29 is 17.9 Å². The molecule has 1 aromatic carbocycles. The number of fused-ring (bicyclic) bond motifs is 1. The highest BCUT2D eigenvalue weighted by Crippen LogP contribution is 2.29. The topological polar surface area (TPSA) is 66.9 Å². The monoisotopic (exact) mass is 378 g/mol. The molecule has 3 rings (SSSR count). The van der Waals surface area contributed by atoms with E-state index < -0.39 is 15.6 Å². The molecule has 0 atom stereocenters. The van der Waals surface area contributed by atoms with Crippen LogP contribution in [0, 0.1) is 0 Å². The fraction of sp³-hybridized carbons (Fsp3) is 0.526. The predicted octanol–water partition coefficient (Wildman–Crippen LogP) is 2.86. The minimum atomic E-state index is -3.50. The number of hydrogen-bond donors (Lipinski definition) is 0. The van der Waals surface area contributed by atoms with E-state index >= 15 is 0 Å². The molecule has 0 N–H and O–H groups in total. The third kappa shape index (κ3) is 4.10. The molecule has 0 radical (unpaired) electrons. The van der Waals surface area contributed by atoms with E-state index in [2.05, 4.69) is 0 Å². The lowest BCUT2D eigenvalue weighted by atomic mass is 9.98. The van der Waals surface area contributed by atoms with Crippen molar-refractivity contribution in [1.82, 2.24) is 9.21 Å². The van der Waals surface area contributed by atoms with Crippen molar-refractivity contribution >= 4 is 22.2 Å². The van der Waals surface area contributed by atoms with Gasteiger partial charge in [-0.3, -0.25) is 0 Å². The first kappa shape index (κ1) is 18.9. The molecule has 1 heterocycles. The van der Waals surface area contributed by atoms with Crippen molar-refractivity contribution in [2.45, 2.75) is 39.2 Å². The van der Waals surface area contributed by atoms with Crippen LogP contribution in [0.4, 0.5) is 4.79 Å². The first-order valence-electron chi connectivity index (χ1n) is 8.93. The minimum Gasteiger partial charge on any atom is -0.444 e. The number of piperazine rings is 1. The van der Waals surface area contributed by atoms with Gasteiger partial charge in [0.15, 0.2) is 0 Å².